The molecule has 1 amide bonds. The number of benzene rings is 2. The molecule has 0 saturated carbocycles. The highest BCUT2D eigenvalue weighted by Gasteiger charge is 2.33. The van der Waals surface area contributed by atoms with Crippen molar-refractivity contribution in [1.29, 1.82) is 0 Å². The fourth-order valence-electron chi connectivity index (χ4n) is 2.79. The van der Waals surface area contributed by atoms with E-state index in [2.05, 4.69) is 12.2 Å². The van der Waals surface area contributed by atoms with Gasteiger partial charge in [0.1, 0.15) is 0 Å². The zero-order chi connectivity index (χ0) is 22.9. The van der Waals surface area contributed by atoms with E-state index in [1.54, 1.807) is 18.2 Å². The van der Waals surface area contributed by atoms with Crippen molar-refractivity contribution in [2.75, 3.05) is 19.0 Å². The quantitative estimate of drug-likeness (QED) is 0.310. The molecule has 4 nitrogen and oxygen atoms in total. The number of hydrogen-bond donors (Lipinski definition) is 1. The van der Waals surface area contributed by atoms with E-state index in [4.69, 9.17) is 21.1 Å². The Morgan fingerprint density at radius 2 is 1.87 bits per heavy atom. The standard InChI is InChI=1S/C23H25ClF3NO3/c1-3-4-5-6-13-31-20-11-7-16(14-21(20)30-2)8-12-22(29)28-17-9-10-19(24)18(15-17)23(25,26)27/h7-12,14-15H,3-6,13H2,1-2H3,(H,28,29). The van der Waals surface area contributed by atoms with Crippen molar-refractivity contribution in [3.8, 4) is 11.5 Å². The minimum Gasteiger partial charge on any atom is -0.493 e. The van der Waals surface area contributed by atoms with E-state index >= 15 is 0 Å². The monoisotopic (exact) mass is 455 g/mol. The SMILES string of the molecule is CCCCCCOc1ccc(C=CC(=O)Nc2ccc(Cl)c(C(F)(F)F)c2)cc1OC. The predicted octanol–water partition coefficient (Wildman–Crippen LogP) is 6.98. The lowest BCUT2D eigenvalue weighted by Gasteiger charge is -2.11. The van der Waals surface area contributed by atoms with Crippen molar-refractivity contribution in [3.05, 3.63) is 58.6 Å². The van der Waals surface area contributed by atoms with Crippen LogP contribution in [0.25, 0.3) is 6.08 Å². The first-order chi connectivity index (χ1) is 14.7. The molecule has 0 aliphatic heterocycles. The highest BCUT2D eigenvalue weighted by Crippen LogP contribution is 2.36. The summed E-state index contributed by atoms with van der Waals surface area (Å²) in [5.74, 6) is 0.567. The minimum absolute atomic E-state index is 0.00391. The summed E-state index contributed by atoms with van der Waals surface area (Å²) in [4.78, 5) is 12.1. The average molecular weight is 456 g/mol. The summed E-state index contributed by atoms with van der Waals surface area (Å²) in [6, 6.07) is 8.43. The third-order valence-corrected chi connectivity index (χ3v) is 4.74. The van der Waals surface area contributed by atoms with Gasteiger partial charge >= 0.3 is 6.18 Å². The van der Waals surface area contributed by atoms with Crippen molar-refractivity contribution >= 4 is 29.3 Å². The van der Waals surface area contributed by atoms with Gasteiger partial charge in [0.25, 0.3) is 0 Å². The normalized spacial score (nSPS) is 11.5. The van der Waals surface area contributed by atoms with Gasteiger partial charge in [0.2, 0.25) is 5.91 Å². The number of amides is 1. The second-order valence-electron chi connectivity index (χ2n) is 6.83. The van der Waals surface area contributed by atoms with Gasteiger partial charge in [0.15, 0.2) is 11.5 Å². The molecule has 0 saturated heterocycles. The van der Waals surface area contributed by atoms with Crippen LogP contribution in [0.15, 0.2) is 42.5 Å². The fraction of sp³-hybridized carbons (Fsp3) is 0.348. The van der Waals surface area contributed by atoms with Gasteiger partial charge in [-0.25, -0.2) is 0 Å². The van der Waals surface area contributed by atoms with Gasteiger partial charge in [0.05, 0.1) is 24.3 Å². The number of rotatable bonds is 10. The number of methoxy groups -OCH3 is 1. The molecule has 0 aliphatic rings. The van der Waals surface area contributed by atoms with Gasteiger partial charge in [-0.3, -0.25) is 4.79 Å². The summed E-state index contributed by atoms with van der Waals surface area (Å²) in [7, 11) is 1.53. The van der Waals surface area contributed by atoms with Crippen LogP contribution in [-0.2, 0) is 11.0 Å². The average Bonchev–Trinajstić information content (AvgIpc) is 2.73. The van der Waals surface area contributed by atoms with Gasteiger partial charge in [-0.05, 0) is 48.4 Å². The number of alkyl halides is 3. The molecule has 1 N–H and O–H groups in total. The Kier molecular flexibility index (Phi) is 9.24. The van der Waals surface area contributed by atoms with Crippen LogP contribution in [0.4, 0.5) is 18.9 Å². The second kappa shape index (κ2) is 11.6. The van der Waals surface area contributed by atoms with E-state index in [0.717, 1.165) is 31.4 Å². The van der Waals surface area contributed by atoms with Crippen LogP contribution in [0.3, 0.4) is 0 Å². The molecular weight excluding hydrogens is 431 g/mol. The molecule has 0 spiro atoms. The van der Waals surface area contributed by atoms with Gasteiger partial charge in [-0.1, -0.05) is 43.9 Å². The smallest absolute Gasteiger partial charge is 0.417 e. The highest BCUT2D eigenvalue weighted by atomic mass is 35.5. The van der Waals surface area contributed by atoms with E-state index in [-0.39, 0.29) is 5.69 Å². The van der Waals surface area contributed by atoms with Crippen molar-refractivity contribution < 1.29 is 27.4 Å². The highest BCUT2D eigenvalue weighted by molar-refractivity contribution is 6.31. The van der Waals surface area contributed by atoms with E-state index in [1.165, 1.54) is 31.7 Å². The van der Waals surface area contributed by atoms with Gasteiger partial charge in [-0.15, -0.1) is 0 Å². The third kappa shape index (κ3) is 7.83. The first-order valence-electron chi connectivity index (χ1n) is 9.91. The van der Waals surface area contributed by atoms with E-state index in [9.17, 15) is 18.0 Å². The second-order valence-corrected chi connectivity index (χ2v) is 7.24. The van der Waals surface area contributed by atoms with E-state index < -0.39 is 22.7 Å². The molecule has 2 aromatic carbocycles. The van der Waals surface area contributed by atoms with Crippen molar-refractivity contribution in [1.82, 2.24) is 0 Å². The van der Waals surface area contributed by atoms with Crippen molar-refractivity contribution in [2.24, 2.45) is 0 Å². The van der Waals surface area contributed by atoms with Crippen LogP contribution >= 0.6 is 11.6 Å². The number of ether oxygens (including phenoxy) is 2. The maximum Gasteiger partial charge on any atom is 0.417 e. The Morgan fingerprint density at radius 3 is 2.55 bits per heavy atom. The Hall–Kier alpha value is -2.67. The number of anilines is 1. The Bertz CT molecular complexity index is 913. The van der Waals surface area contributed by atoms with Crippen LogP contribution in [0.5, 0.6) is 11.5 Å². The molecule has 0 heterocycles. The molecule has 0 fully saturated rings. The Balaban J connectivity index is 2.00. The van der Waals surface area contributed by atoms with Gasteiger partial charge in [0, 0.05) is 11.8 Å². The van der Waals surface area contributed by atoms with Crippen LogP contribution in [0, 0.1) is 0 Å². The first kappa shape index (κ1) is 24.6. The summed E-state index contributed by atoms with van der Waals surface area (Å²) in [5.41, 5.74) is -0.334. The van der Waals surface area contributed by atoms with Crippen LogP contribution in [0.2, 0.25) is 5.02 Å². The molecule has 0 aromatic heterocycles. The summed E-state index contributed by atoms with van der Waals surface area (Å²) in [5, 5.41) is 1.97. The zero-order valence-electron chi connectivity index (χ0n) is 17.4. The topological polar surface area (TPSA) is 47.6 Å². The Labute approximate surface area is 185 Å². The lowest BCUT2D eigenvalue weighted by atomic mass is 10.1. The lowest BCUT2D eigenvalue weighted by molar-refractivity contribution is -0.137. The molecule has 168 valence electrons. The molecule has 0 radical (unpaired) electrons. The van der Waals surface area contributed by atoms with Crippen molar-refractivity contribution in [3.63, 3.8) is 0 Å². The van der Waals surface area contributed by atoms with Gasteiger partial charge in [-0.2, -0.15) is 13.2 Å². The zero-order valence-corrected chi connectivity index (χ0v) is 18.1. The van der Waals surface area contributed by atoms with Crippen molar-refractivity contribution in [2.45, 2.75) is 38.8 Å². The van der Waals surface area contributed by atoms with Crippen LogP contribution in [0.1, 0.15) is 43.7 Å². The predicted molar refractivity (Wildman–Crippen MR) is 117 cm³/mol. The van der Waals surface area contributed by atoms with E-state index in [0.29, 0.717) is 23.7 Å². The summed E-state index contributed by atoms with van der Waals surface area (Å²) in [6.07, 6.45) is 2.53. The number of carbonyl (C=O) groups excluding carboxylic acids is 1. The summed E-state index contributed by atoms with van der Waals surface area (Å²) >= 11 is 5.59. The molecular formula is C23H25ClF3NO3. The minimum atomic E-state index is -4.61. The molecule has 31 heavy (non-hydrogen) atoms. The molecule has 0 atom stereocenters. The molecule has 2 aromatic rings. The Morgan fingerprint density at radius 1 is 1.10 bits per heavy atom. The molecule has 0 aliphatic carbocycles. The largest absolute Gasteiger partial charge is 0.493 e. The first-order valence-corrected chi connectivity index (χ1v) is 10.3. The molecule has 0 unspecified atom stereocenters. The van der Waals surface area contributed by atoms with Crippen LogP contribution < -0.4 is 14.8 Å². The third-order valence-electron chi connectivity index (χ3n) is 4.41. The molecule has 2 rings (SSSR count). The van der Waals surface area contributed by atoms with E-state index in [1.807, 2.05) is 0 Å². The lowest BCUT2D eigenvalue weighted by Crippen LogP contribution is -2.11. The van der Waals surface area contributed by atoms with Crippen LogP contribution in [-0.4, -0.2) is 19.6 Å². The fourth-order valence-corrected chi connectivity index (χ4v) is 3.02. The number of carbonyl (C=O) groups is 1. The van der Waals surface area contributed by atoms with Gasteiger partial charge < -0.3 is 14.8 Å². The maximum atomic E-state index is 12.9. The number of nitrogens with one attached hydrogen (secondary N) is 1. The maximum absolute atomic E-state index is 12.9. The number of hydrogen-bond acceptors (Lipinski definition) is 3. The number of unbranched alkanes of at least 4 members (excludes halogenated alkanes) is 3. The summed E-state index contributed by atoms with van der Waals surface area (Å²) < 4.78 is 49.9. The number of halogens is 4. The molecule has 0 bridgehead atoms. The summed E-state index contributed by atoms with van der Waals surface area (Å²) in [6.45, 7) is 2.74. The molecule has 8 heteroatoms.